The highest BCUT2D eigenvalue weighted by Gasteiger charge is 2.32. The lowest BCUT2D eigenvalue weighted by Gasteiger charge is -2.21. The van der Waals surface area contributed by atoms with Crippen LogP contribution in [0, 0.1) is 24.6 Å². The van der Waals surface area contributed by atoms with Crippen LogP contribution in [-0.4, -0.2) is 12.5 Å². The molecule has 1 amide bonds. The number of aryl methyl sites for hydroxylation is 1. The maximum Gasteiger partial charge on any atom is 0.223 e. The molecule has 21 heavy (non-hydrogen) atoms. The Hall–Kier alpha value is -1.13. The van der Waals surface area contributed by atoms with E-state index in [0.717, 1.165) is 24.8 Å². The molecule has 2 rings (SSSR count). The van der Waals surface area contributed by atoms with Gasteiger partial charge in [0.05, 0.1) is 6.04 Å². The average Bonchev–Trinajstić information content (AvgIpc) is 2.90. The Morgan fingerprint density at radius 2 is 2.19 bits per heavy atom. The Morgan fingerprint density at radius 3 is 2.81 bits per heavy atom. The van der Waals surface area contributed by atoms with Crippen molar-refractivity contribution in [2.24, 2.45) is 17.6 Å². The molecule has 3 N–H and O–H groups in total. The number of benzene rings is 1. The molecule has 3 atom stereocenters. The number of amides is 1. The lowest BCUT2D eigenvalue weighted by atomic mass is 9.94. The van der Waals surface area contributed by atoms with Gasteiger partial charge in [-0.3, -0.25) is 4.79 Å². The number of rotatable bonds is 4. The van der Waals surface area contributed by atoms with E-state index >= 15 is 0 Å². The molecule has 0 aliphatic heterocycles. The van der Waals surface area contributed by atoms with Gasteiger partial charge in [0.2, 0.25) is 5.91 Å². The molecule has 1 aromatic rings. The standard InChI is InChI=1S/C16H23FN2O.ClH/c1-10-6-7-12(8-15(10)17)11(2)19-16(20)14-5-3-4-13(14)9-18;/h6-8,11,13-14H,3-5,9,18H2,1-2H3,(H,19,20);1H/t11?,13-,14-;/m1./s1. The summed E-state index contributed by atoms with van der Waals surface area (Å²) in [5.41, 5.74) is 7.12. The minimum atomic E-state index is -0.232. The number of carbonyl (C=O) groups excluding carboxylic acids is 1. The van der Waals surface area contributed by atoms with Gasteiger partial charge in [-0.25, -0.2) is 4.39 Å². The van der Waals surface area contributed by atoms with Gasteiger partial charge in [0.15, 0.2) is 0 Å². The van der Waals surface area contributed by atoms with Crippen LogP contribution in [0.15, 0.2) is 18.2 Å². The number of hydrogen-bond donors (Lipinski definition) is 2. The number of nitrogens with two attached hydrogens (primary N) is 1. The van der Waals surface area contributed by atoms with E-state index in [1.165, 1.54) is 6.07 Å². The second-order valence-electron chi connectivity index (χ2n) is 5.77. The highest BCUT2D eigenvalue weighted by atomic mass is 35.5. The van der Waals surface area contributed by atoms with Crippen molar-refractivity contribution in [3.8, 4) is 0 Å². The predicted molar refractivity (Wildman–Crippen MR) is 84.8 cm³/mol. The van der Waals surface area contributed by atoms with Crippen LogP contribution in [0.4, 0.5) is 4.39 Å². The van der Waals surface area contributed by atoms with E-state index in [1.807, 2.05) is 13.0 Å². The van der Waals surface area contributed by atoms with Crippen LogP contribution in [0.5, 0.6) is 0 Å². The molecule has 1 aliphatic carbocycles. The summed E-state index contributed by atoms with van der Waals surface area (Å²) < 4.78 is 13.6. The molecule has 0 spiro atoms. The molecule has 0 bridgehead atoms. The summed E-state index contributed by atoms with van der Waals surface area (Å²) in [7, 11) is 0. The number of carbonyl (C=O) groups is 1. The largest absolute Gasteiger partial charge is 0.349 e. The van der Waals surface area contributed by atoms with Gasteiger partial charge in [0, 0.05) is 5.92 Å². The third-order valence-electron chi connectivity index (χ3n) is 4.35. The molecule has 1 unspecified atom stereocenters. The molecule has 0 radical (unpaired) electrons. The first kappa shape index (κ1) is 17.9. The molecular formula is C16H24ClFN2O. The van der Waals surface area contributed by atoms with Crippen molar-refractivity contribution in [3.05, 3.63) is 35.1 Å². The van der Waals surface area contributed by atoms with Crippen molar-refractivity contribution in [2.75, 3.05) is 6.54 Å². The first-order chi connectivity index (χ1) is 9.52. The van der Waals surface area contributed by atoms with Gasteiger partial charge in [0.25, 0.3) is 0 Å². The third kappa shape index (κ3) is 4.17. The Balaban J connectivity index is 0.00000220. The molecule has 1 aliphatic rings. The summed E-state index contributed by atoms with van der Waals surface area (Å²) in [4.78, 5) is 12.3. The molecule has 1 fully saturated rings. The molecule has 3 nitrogen and oxygen atoms in total. The maximum atomic E-state index is 13.6. The zero-order chi connectivity index (χ0) is 14.7. The average molecular weight is 315 g/mol. The summed E-state index contributed by atoms with van der Waals surface area (Å²) in [6.07, 6.45) is 3.00. The predicted octanol–water partition coefficient (Wildman–Crippen LogP) is 3.11. The summed E-state index contributed by atoms with van der Waals surface area (Å²) in [5, 5.41) is 2.99. The van der Waals surface area contributed by atoms with E-state index in [1.54, 1.807) is 13.0 Å². The Morgan fingerprint density at radius 1 is 1.48 bits per heavy atom. The molecule has 0 heterocycles. The lowest BCUT2D eigenvalue weighted by molar-refractivity contribution is -0.126. The van der Waals surface area contributed by atoms with E-state index < -0.39 is 0 Å². The molecule has 118 valence electrons. The number of nitrogens with one attached hydrogen (secondary N) is 1. The molecular weight excluding hydrogens is 291 g/mol. The van der Waals surface area contributed by atoms with Gasteiger partial charge in [0.1, 0.15) is 5.82 Å². The fourth-order valence-corrected chi connectivity index (χ4v) is 2.95. The summed E-state index contributed by atoms with van der Waals surface area (Å²) >= 11 is 0. The summed E-state index contributed by atoms with van der Waals surface area (Å²) in [6.45, 7) is 4.17. The van der Waals surface area contributed by atoms with Crippen LogP contribution < -0.4 is 11.1 Å². The van der Waals surface area contributed by atoms with Crippen LogP contribution >= 0.6 is 12.4 Å². The van der Waals surface area contributed by atoms with Crippen molar-refractivity contribution >= 4 is 18.3 Å². The maximum absolute atomic E-state index is 13.6. The first-order valence-electron chi connectivity index (χ1n) is 7.29. The molecule has 1 saturated carbocycles. The highest BCUT2D eigenvalue weighted by Crippen LogP contribution is 2.31. The zero-order valence-corrected chi connectivity index (χ0v) is 13.4. The van der Waals surface area contributed by atoms with Crippen LogP contribution in [0.3, 0.4) is 0 Å². The van der Waals surface area contributed by atoms with E-state index in [2.05, 4.69) is 5.32 Å². The molecule has 5 heteroatoms. The van der Waals surface area contributed by atoms with Gasteiger partial charge in [-0.15, -0.1) is 12.4 Å². The smallest absolute Gasteiger partial charge is 0.223 e. The number of hydrogen-bond acceptors (Lipinski definition) is 2. The second-order valence-corrected chi connectivity index (χ2v) is 5.77. The highest BCUT2D eigenvalue weighted by molar-refractivity contribution is 5.85. The fraction of sp³-hybridized carbons (Fsp3) is 0.562. The van der Waals surface area contributed by atoms with Crippen LogP contribution in [0.1, 0.15) is 43.4 Å². The fourth-order valence-electron chi connectivity index (χ4n) is 2.95. The van der Waals surface area contributed by atoms with Crippen molar-refractivity contribution in [3.63, 3.8) is 0 Å². The van der Waals surface area contributed by atoms with Crippen molar-refractivity contribution < 1.29 is 9.18 Å². The van der Waals surface area contributed by atoms with E-state index in [0.29, 0.717) is 12.1 Å². The van der Waals surface area contributed by atoms with Crippen molar-refractivity contribution in [1.29, 1.82) is 0 Å². The van der Waals surface area contributed by atoms with Crippen molar-refractivity contribution in [1.82, 2.24) is 5.32 Å². The third-order valence-corrected chi connectivity index (χ3v) is 4.35. The van der Waals surface area contributed by atoms with E-state index in [-0.39, 0.29) is 42.0 Å². The molecule has 0 saturated heterocycles. The first-order valence-corrected chi connectivity index (χ1v) is 7.29. The van der Waals surface area contributed by atoms with Gasteiger partial charge in [-0.2, -0.15) is 0 Å². The second kappa shape index (κ2) is 7.76. The van der Waals surface area contributed by atoms with Gasteiger partial charge in [-0.05, 0) is 56.3 Å². The van der Waals surface area contributed by atoms with Crippen LogP contribution in [0.2, 0.25) is 0 Å². The minimum Gasteiger partial charge on any atom is -0.349 e. The van der Waals surface area contributed by atoms with Gasteiger partial charge >= 0.3 is 0 Å². The quantitative estimate of drug-likeness (QED) is 0.897. The number of halogens is 2. The minimum absolute atomic E-state index is 0. The van der Waals surface area contributed by atoms with Gasteiger partial charge < -0.3 is 11.1 Å². The van der Waals surface area contributed by atoms with E-state index in [4.69, 9.17) is 5.73 Å². The summed E-state index contributed by atoms with van der Waals surface area (Å²) in [6, 6.07) is 4.91. The van der Waals surface area contributed by atoms with Crippen LogP contribution in [-0.2, 0) is 4.79 Å². The lowest BCUT2D eigenvalue weighted by Crippen LogP contribution is -2.36. The summed E-state index contributed by atoms with van der Waals surface area (Å²) in [5.74, 6) is 0.116. The van der Waals surface area contributed by atoms with E-state index in [9.17, 15) is 9.18 Å². The SMILES string of the molecule is Cc1ccc(C(C)NC(=O)[C@@H]2CCC[C@@H]2CN)cc1F.Cl. The van der Waals surface area contributed by atoms with Crippen LogP contribution in [0.25, 0.3) is 0 Å². The Labute approximate surface area is 131 Å². The van der Waals surface area contributed by atoms with Gasteiger partial charge in [-0.1, -0.05) is 18.6 Å². The Bertz CT molecular complexity index is 495. The zero-order valence-electron chi connectivity index (χ0n) is 12.6. The van der Waals surface area contributed by atoms with Crippen molar-refractivity contribution in [2.45, 2.75) is 39.2 Å². The topological polar surface area (TPSA) is 55.1 Å². The normalized spacial score (nSPS) is 22.5. The molecule has 0 aromatic heterocycles. The monoisotopic (exact) mass is 314 g/mol. The molecule has 1 aromatic carbocycles. The Kier molecular flexibility index (Phi) is 6.62.